The smallest absolute Gasteiger partial charge is 0.315 e. The van der Waals surface area contributed by atoms with Crippen molar-refractivity contribution in [3.63, 3.8) is 0 Å². The largest absolute Gasteiger partial charge is 0.344 e. The minimum atomic E-state index is -3.15. The second-order valence-corrected chi connectivity index (χ2v) is 18.1. The molecule has 0 bridgehead atoms. The van der Waals surface area contributed by atoms with Gasteiger partial charge in [0.15, 0.2) is 11.6 Å². The van der Waals surface area contributed by atoms with E-state index >= 15 is 0 Å². The highest BCUT2D eigenvalue weighted by Crippen LogP contribution is 2.47. The number of halogens is 2. The van der Waals surface area contributed by atoms with Gasteiger partial charge in [-0.1, -0.05) is 75.2 Å². The van der Waals surface area contributed by atoms with Crippen LogP contribution >= 0.6 is 0 Å². The Hall–Kier alpha value is -4.85. The van der Waals surface area contributed by atoms with Crippen LogP contribution in [0.25, 0.3) is 0 Å². The van der Waals surface area contributed by atoms with Gasteiger partial charge < -0.3 is 20.9 Å². The topological polar surface area (TPSA) is 147 Å². The number of hydrogen-bond acceptors (Lipinski definition) is 10. The Kier molecular flexibility index (Phi) is 15.5. The van der Waals surface area contributed by atoms with Gasteiger partial charge in [0.25, 0.3) is 5.91 Å². The number of likely N-dealkylation sites (tertiary alicyclic amines) is 2. The summed E-state index contributed by atoms with van der Waals surface area (Å²) in [6.07, 6.45) is 16.3. The lowest BCUT2D eigenvalue weighted by atomic mass is 9.62. The number of benzene rings is 2. The molecule has 2 aromatic carbocycles. The average Bonchev–Trinajstić information content (AvgIpc) is 3.31. The number of nitrogens with one attached hydrogen (secondary N) is 1. The number of rotatable bonds is 16. The molecule has 3 N–H and O–H groups in total. The Morgan fingerprint density at radius 1 is 0.651 bits per heavy atom. The lowest BCUT2D eigenvalue weighted by Crippen LogP contribution is -2.37. The lowest BCUT2D eigenvalue weighted by Gasteiger charge is -2.42. The third kappa shape index (κ3) is 11.3. The van der Waals surface area contributed by atoms with E-state index in [1.54, 1.807) is 12.4 Å². The zero-order valence-corrected chi connectivity index (χ0v) is 37.0. The molecule has 0 unspecified atom stereocenters. The molecular formula is C50H64F2N8O3. The van der Waals surface area contributed by atoms with Crippen LogP contribution in [0.5, 0.6) is 0 Å². The number of Topliss-reactive ketones (excluding diaryl/α,β-unsaturated/α-hetero) is 2. The first kappa shape index (κ1) is 46.2. The van der Waals surface area contributed by atoms with E-state index in [0.717, 1.165) is 44.6 Å². The van der Waals surface area contributed by atoms with Gasteiger partial charge in [-0.2, -0.15) is 8.78 Å². The summed E-state index contributed by atoms with van der Waals surface area (Å²) in [4.78, 5) is 57.4. The summed E-state index contributed by atoms with van der Waals surface area (Å²) in [5, 5.41) is 1.91. The van der Waals surface area contributed by atoms with E-state index < -0.39 is 24.7 Å². The van der Waals surface area contributed by atoms with E-state index in [1.807, 2.05) is 5.32 Å². The number of alkyl halides is 2. The highest BCUT2D eigenvalue weighted by Gasteiger charge is 2.41. The molecule has 2 aromatic heterocycles. The number of ketones is 2. The Balaban J connectivity index is 0.000000191. The summed E-state index contributed by atoms with van der Waals surface area (Å²) in [5.74, 6) is 0.719. The van der Waals surface area contributed by atoms with Crippen LogP contribution < -0.4 is 11.1 Å². The molecule has 2 aliphatic heterocycles. The maximum Gasteiger partial charge on any atom is 0.315 e. The molecule has 8 rings (SSSR count). The quantitative estimate of drug-likeness (QED) is 0.109. The van der Waals surface area contributed by atoms with Crippen LogP contribution in [0.1, 0.15) is 145 Å². The molecule has 0 spiro atoms. The van der Waals surface area contributed by atoms with Gasteiger partial charge in [0, 0.05) is 48.5 Å². The molecule has 4 aliphatic rings. The summed E-state index contributed by atoms with van der Waals surface area (Å²) < 4.78 is 24.5. The molecule has 336 valence electrons. The number of amides is 1. The van der Waals surface area contributed by atoms with Crippen molar-refractivity contribution in [1.29, 1.82) is 0 Å². The summed E-state index contributed by atoms with van der Waals surface area (Å²) in [6, 6.07) is 18.5. The van der Waals surface area contributed by atoms with E-state index in [0.29, 0.717) is 29.6 Å². The number of nitrogens with two attached hydrogens (primary N) is 1. The third-order valence-electron chi connectivity index (χ3n) is 14.5. The standard InChI is InChI=1S/C26H32F2N4O2.C24H32N4O/c1-2-32-12-8-19(9-13-32)18-4-6-21(7-5-18)26(10-3-11-26)14-23-29-15-20(16-30-23)22(33)17-31-25(34)24(27)28;1-2-28-12-8-19(9-13-28)18-4-6-21(7-5-18)24(10-3-11-24)14-23-26-16-20(17-27-23)22(29)15-25/h4-7,15-16,19,24H,2-3,8-14,17H2,1H3,(H,31,34);4-7,16-17,19H,2-3,8-15,25H2,1H3. The predicted octanol–water partition coefficient (Wildman–Crippen LogP) is 7.39. The Morgan fingerprint density at radius 3 is 1.35 bits per heavy atom. The summed E-state index contributed by atoms with van der Waals surface area (Å²) in [5.41, 5.74) is 11.9. The van der Waals surface area contributed by atoms with Crippen molar-refractivity contribution in [2.24, 2.45) is 5.73 Å². The van der Waals surface area contributed by atoms with Crippen molar-refractivity contribution in [1.82, 2.24) is 35.1 Å². The molecule has 63 heavy (non-hydrogen) atoms. The van der Waals surface area contributed by atoms with Gasteiger partial charge in [-0.15, -0.1) is 0 Å². The number of carbonyl (C=O) groups excluding carboxylic acids is 3. The fourth-order valence-electron chi connectivity index (χ4n) is 9.97. The van der Waals surface area contributed by atoms with Gasteiger partial charge in [0.05, 0.1) is 24.2 Å². The van der Waals surface area contributed by atoms with Crippen molar-refractivity contribution in [3.8, 4) is 0 Å². The first-order valence-corrected chi connectivity index (χ1v) is 23.1. The second-order valence-electron chi connectivity index (χ2n) is 18.1. The van der Waals surface area contributed by atoms with Crippen LogP contribution in [0.2, 0.25) is 0 Å². The van der Waals surface area contributed by atoms with Crippen LogP contribution in [-0.4, -0.2) is 106 Å². The molecule has 2 saturated heterocycles. The first-order valence-electron chi connectivity index (χ1n) is 23.1. The SMILES string of the molecule is CCN1CCC(c2ccc(C3(Cc4ncc(C(=O)CN)cn4)CCC3)cc2)CC1.CCN1CCC(c2ccc(C3(Cc4ncc(C(=O)CNC(=O)C(F)F)cn4)CCC3)cc2)CC1. The predicted molar refractivity (Wildman–Crippen MR) is 240 cm³/mol. The van der Waals surface area contributed by atoms with Gasteiger partial charge in [-0.25, -0.2) is 19.9 Å². The molecule has 0 radical (unpaired) electrons. The Bertz CT molecular complexity index is 2110. The van der Waals surface area contributed by atoms with Crippen LogP contribution in [-0.2, 0) is 28.5 Å². The van der Waals surface area contributed by atoms with Crippen molar-refractivity contribution in [3.05, 3.63) is 118 Å². The maximum atomic E-state index is 12.3. The van der Waals surface area contributed by atoms with Gasteiger partial charge >= 0.3 is 6.43 Å². The molecule has 2 aliphatic carbocycles. The van der Waals surface area contributed by atoms with Crippen molar-refractivity contribution in [2.45, 2.75) is 120 Å². The van der Waals surface area contributed by atoms with Crippen LogP contribution in [0.3, 0.4) is 0 Å². The second kappa shape index (κ2) is 21.2. The highest BCUT2D eigenvalue weighted by atomic mass is 19.3. The van der Waals surface area contributed by atoms with Crippen LogP contribution in [0.15, 0.2) is 73.3 Å². The zero-order chi connectivity index (χ0) is 44.4. The fraction of sp³-hybridized carbons (Fsp3) is 0.540. The average molecular weight is 863 g/mol. The van der Waals surface area contributed by atoms with Crippen LogP contribution in [0.4, 0.5) is 8.78 Å². The Morgan fingerprint density at radius 2 is 1.03 bits per heavy atom. The molecular weight excluding hydrogens is 799 g/mol. The summed E-state index contributed by atoms with van der Waals surface area (Å²) in [6.45, 7) is 11.0. The van der Waals surface area contributed by atoms with E-state index in [-0.39, 0.29) is 28.7 Å². The summed E-state index contributed by atoms with van der Waals surface area (Å²) in [7, 11) is 0. The molecule has 4 fully saturated rings. The molecule has 13 heteroatoms. The minimum absolute atomic E-state index is 0.00351. The summed E-state index contributed by atoms with van der Waals surface area (Å²) >= 11 is 0. The fourth-order valence-corrected chi connectivity index (χ4v) is 9.97. The van der Waals surface area contributed by atoms with E-state index in [2.05, 4.69) is 92.1 Å². The monoisotopic (exact) mass is 863 g/mol. The van der Waals surface area contributed by atoms with Gasteiger partial charge in [-0.05, 0) is 125 Å². The third-order valence-corrected chi connectivity index (χ3v) is 14.5. The maximum absolute atomic E-state index is 12.3. The number of aromatic nitrogens is 4. The first-order chi connectivity index (χ1) is 30.5. The Labute approximate surface area is 371 Å². The van der Waals surface area contributed by atoms with Crippen molar-refractivity contribution < 1.29 is 23.2 Å². The van der Waals surface area contributed by atoms with Gasteiger partial charge in [0.2, 0.25) is 0 Å². The van der Waals surface area contributed by atoms with E-state index in [1.165, 1.54) is 106 Å². The van der Waals surface area contributed by atoms with Crippen molar-refractivity contribution in [2.75, 3.05) is 52.4 Å². The molecule has 4 heterocycles. The highest BCUT2D eigenvalue weighted by molar-refractivity contribution is 5.99. The molecule has 2 saturated carbocycles. The van der Waals surface area contributed by atoms with E-state index in [9.17, 15) is 23.2 Å². The zero-order valence-electron chi connectivity index (χ0n) is 37.0. The van der Waals surface area contributed by atoms with Gasteiger partial charge in [0.1, 0.15) is 11.6 Å². The number of hydrogen-bond donors (Lipinski definition) is 2. The normalized spacial score (nSPS) is 19.0. The van der Waals surface area contributed by atoms with E-state index in [4.69, 9.17) is 5.73 Å². The number of piperidine rings is 2. The number of carbonyl (C=O) groups is 3. The molecule has 0 atom stereocenters. The molecule has 1 amide bonds. The van der Waals surface area contributed by atoms with Gasteiger partial charge in [-0.3, -0.25) is 14.4 Å². The van der Waals surface area contributed by atoms with Crippen LogP contribution in [0, 0.1) is 0 Å². The van der Waals surface area contributed by atoms with Crippen molar-refractivity contribution >= 4 is 17.5 Å². The molecule has 4 aromatic rings. The molecule has 11 nitrogen and oxygen atoms in total. The minimum Gasteiger partial charge on any atom is -0.344 e. The number of nitrogens with zero attached hydrogens (tertiary/aromatic N) is 6. The lowest BCUT2D eigenvalue weighted by molar-refractivity contribution is -0.131.